The van der Waals surface area contributed by atoms with Crippen LogP contribution in [-0.4, -0.2) is 18.3 Å². The summed E-state index contributed by atoms with van der Waals surface area (Å²) in [4.78, 5) is 0. The van der Waals surface area contributed by atoms with Gasteiger partial charge in [0.15, 0.2) is 0 Å². The van der Waals surface area contributed by atoms with Gasteiger partial charge in [0.2, 0.25) is 0 Å². The number of hydrogen-bond acceptors (Lipinski definition) is 3. The topological polar surface area (TPSA) is 31.6 Å². The van der Waals surface area contributed by atoms with Crippen LogP contribution in [0.4, 0.5) is 0 Å². The molecule has 0 spiro atoms. The lowest BCUT2D eigenvalue weighted by Crippen LogP contribution is -2.41. The van der Waals surface area contributed by atoms with Crippen LogP contribution >= 0.6 is 0 Å². The van der Waals surface area contributed by atoms with Gasteiger partial charge in [0.1, 0.15) is 5.58 Å². The van der Waals surface area contributed by atoms with Crippen LogP contribution in [0.5, 0.6) is 0 Å². The Bertz CT molecular complexity index is 929. The predicted octanol–water partition coefficient (Wildman–Crippen LogP) is 6.63. The molecule has 1 aliphatic rings. The maximum absolute atomic E-state index is 6.29. The van der Waals surface area contributed by atoms with Crippen molar-refractivity contribution in [1.82, 2.24) is 0 Å². The third kappa shape index (κ3) is 4.44. The number of hydrogen-bond donors (Lipinski definition) is 0. The average molecular weight is 390 g/mol. The molecule has 4 heteroatoms. The molecule has 0 saturated carbocycles. The van der Waals surface area contributed by atoms with Crippen molar-refractivity contribution in [2.45, 2.75) is 70.4 Å². The van der Waals surface area contributed by atoms with Crippen LogP contribution in [0.25, 0.3) is 11.0 Å². The lowest BCUT2D eigenvalue weighted by atomic mass is 9.73. The Morgan fingerprint density at radius 2 is 1.62 bits per heavy atom. The minimum atomic E-state index is -0.279. The molecule has 2 aromatic carbocycles. The summed E-state index contributed by atoms with van der Waals surface area (Å²) in [5.74, 6) is 0.420. The molecule has 3 nitrogen and oxygen atoms in total. The fraction of sp³-hybridized carbons (Fsp3) is 0.440. The summed E-state index contributed by atoms with van der Waals surface area (Å²) in [6.45, 7) is 8.49. The van der Waals surface area contributed by atoms with E-state index >= 15 is 0 Å². The predicted molar refractivity (Wildman–Crippen MR) is 119 cm³/mol. The van der Waals surface area contributed by atoms with Crippen molar-refractivity contribution in [3.63, 3.8) is 0 Å². The molecule has 1 atom stereocenters. The maximum atomic E-state index is 6.29. The number of benzene rings is 2. The van der Waals surface area contributed by atoms with Crippen LogP contribution in [-0.2, 0) is 15.7 Å². The summed E-state index contributed by atoms with van der Waals surface area (Å²) >= 11 is 0. The highest BCUT2D eigenvalue weighted by Gasteiger charge is 2.51. The molecule has 1 aliphatic heterocycles. The van der Waals surface area contributed by atoms with Crippen molar-refractivity contribution in [3.05, 3.63) is 72.0 Å². The number of fused-ring (bicyclic) bond motifs is 1. The first-order valence-electron chi connectivity index (χ1n) is 10.7. The minimum absolute atomic E-state index is 0.160. The first kappa shape index (κ1) is 20.2. The summed E-state index contributed by atoms with van der Waals surface area (Å²) in [6, 6.07) is 19.3. The highest BCUT2D eigenvalue weighted by molar-refractivity contribution is 6.45. The molecule has 4 rings (SSSR count). The molecule has 3 aromatic rings. The van der Waals surface area contributed by atoms with Crippen LogP contribution in [0.2, 0.25) is 6.32 Å². The second-order valence-electron chi connectivity index (χ2n) is 9.21. The van der Waals surface area contributed by atoms with E-state index in [0.717, 1.165) is 31.2 Å². The standard InChI is InChI=1S/C25H31BO3/c1-24(2)25(3,4)29-26(28-24)18-22(20-10-6-5-7-11-20)12-8-9-19-13-14-23-21(17-19)15-16-27-23/h5-7,10-11,13-17,22H,8-9,12,18H2,1-4H3. The van der Waals surface area contributed by atoms with E-state index in [-0.39, 0.29) is 18.3 Å². The second kappa shape index (κ2) is 8.00. The van der Waals surface area contributed by atoms with Gasteiger partial charge in [-0.3, -0.25) is 0 Å². The van der Waals surface area contributed by atoms with Gasteiger partial charge in [0.05, 0.1) is 17.5 Å². The fourth-order valence-electron chi connectivity index (χ4n) is 4.16. The molecule has 29 heavy (non-hydrogen) atoms. The molecule has 1 saturated heterocycles. The van der Waals surface area contributed by atoms with Gasteiger partial charge in [-0.05, 0) is 88.5 Å². The highest BCUT2D eigenvalue weighted by Crippen LogP contribution is 2.40. The van der Waals surface area contributed by atoms with Crippen molar-refractivity contribution in [2.24, 2.45) is 0 Å². The van der Waals surface area contributed by atoms with E-state index in [2.05, 4.69) is 76.2 Å². The van der Waals surface area contributed by atoms with E-state index in [1.54, 1.807) is 6.26 Å². The van der Waals surface area contributed by atoms with Gasteiger partial charge in [-0.15, -0.1) is 0 Å². The maximum Gasteiger partial charge on any atom is 0.458 e. The molecule has 152 valence electrons. The summed E-state index contributed by atoms with van der Waals surface area (Å²) in [5.41, 5.74) is 3.13. The third-order valence-corrected chi connectivity index (χ3v) is 6.58. The molecule has 0 radical (unpaired) electrons. The Kier molecular flexibility index (Phi) is 5.59. The zero-order valence-corrected chi connectivity index (χ0v) is 18.0. The lowest BCUT2D eigenvalue weighted by molar-refractivity contribution is 0.00578. The normalized spacial score (nSPS) is 19.0. The summed E-state index contributed by atoms with van der Waals surface area (Å²) in [6.07, 6.45) is 5.94. The zero-order valence-electron chi connectivity index (χ0n) is 18.0. The number of aryl methyl sites for hydroxylation is 1. The molecule has 0 amide bonds. The third-order valence-electron chi connectivity index (χ3n) is 6.58. The molecular formula is C25H31BO3. The van der Waals surface area contributed by atoms with E-state index in [9.17, 15) is 0 Å². The quantitative estimate of drug-likeness (QED) is 0.424. The Balaban J connectivity index is 1.42. The van der Waals surface area contributed by atoms with Crippen molar-refractivity contribution in [1.29, 1.82) is 0 Å². The van der Waals surface area contributed by atoms with E-state index in [1.807, 2.05) is 6.07 Å². The SMILES string of the molecule is CC1(C)OB(CC(CCCc2ccc3occc3c2)c2ccccc2)OC1(C)C. The molecule has 1 fully saturated rings. The minimum Gasteiger partial charge on any atom is -0.464 e. The highest BCUT2D eigenvalue weighted by atomic mass is 16.7. The van der Waals surface area contributed by atoms with Crippen molar-refractivity contribution in [3.8, 4) is 0 Å². The van der Waals surface area contributed by atoms with Crippen LogP contribution in [0.1, 0.15) is 57.6 Å². The Labute approximate surface area is 174 Å². The van der Waals surface area contributed by atoms with E-state index in [4.69, 9.17) is 13.7 Å². The van der Waals surface area contributed by atoms with Crippen molar-refractivity contribution >= 4 is 18.1 Å². The average Bonchev–Trinajstić information content (AvgIpc) is 3.22. The molecule has 0 bridgehead atoms. The molecule has 1 unspecified atom stereocenters. The smallest absolute Gasteiger partial charge is 0.458 e. The Morgan fingerprint density at radius 1 is 0.897 bits per heavy atom. The summed E-state index contributed by atoms with van der Waals surface area (Å²) in [7, 11) is -0.160. The van der Waals surface area contributed by atoms with Gasteiger partial charge in [0.25, 0.3) is 0 Å². The van der Waals surface area contributed by atoms with E-state index in [1.165, 1.54) is 16.5 Å². The van der Waals surface area contributed by atoms with Crippen LogP contribution in [0.3, 0.4) is 0 Å². The Hall–Kier alpha value is -2.04. The molecule has 2 heterocycles. The lowest BCUT2D eigenvalue weighted by Gasteiger charge is -2.32. The summed E-state index contributed by atoms with van der Waals surface area (Å²) in [5, 5.41) is 1.18. The van der Waals surface area contributed by atoms with Gasteiger partial charge >= 0.3 is 7.12 Å². The van der Waals surface area contributed by atoms with Crippen molar-refractivity contribution < 1.29 is 13.7 Å². The monoisotopic (exact) mass is 390 g/mol. The first-order valence-corrected chi connectivity index (χ1v) is 10.7. The van der Waals surface area contributed by atoms with Crippen molar-refractivity contribution in [2.75, 3.05) is 0 Å². The number of rotatable bonds is 7. The first-order chi connectivity index (χ1) is 13.8. The van der Waals surface area contributed by atoms with Crippen LogP contribution in [0, 0.1) is 0 Å². The molecular weight excluding hydrogens is 359 g/mol. The van der Waals surface area contributed by atoms with Gasteiger partial charge in [-0.25, -0.2) is 0 Å². The zero-order chi connectivity index (χ0) is 20.5. The van der Waals surface area contributed by atoms with Gasteiger partial charge < -0.3 is 13.7 Å². The number of furan rings is 1. The largest absolute Gasteiger partial charge is 0.464 e. The fourth-order valence-corrected chi connectivity index (χ4v) is 4.16. The molecule has 0 aliphatic carbocycles. The van der Waals surface area contributed by atoms with E-state index in [0.29, 0.717) is 5.92 Å². The van der Waals surface area contributed by atoms with Crippen LogP contribution in [0.15, 0.2) is 65.3 Å². The van der Waals surface area contributed by atoms with Crippen LogP contribution < -0.4 is 0 Å². The van der Waals surface area contributed by atoms with E-state index < -0.39 is 0 Å². The second-order valence-corrected chi connectivity index (χ2v) is 9.21. The Morgan fingerprint density at radius 3 is 2.34 bits per heavy atom. The van der Waals surface area contributed by atoms with Gasteiger partial charge in [-0.1, -0.05) is 36.4 Å². The van der Waals surface area contributed by atoms with Gasteiger partial charge in [-0.2, -0.15) is 0 Å². The molecule has 0 N–H and O–H groups in total. The van der Waals surface area contributed by atoms with Gasteiger partial charge in [0, 0.05) is 5.39 Å². The summed E-state index contributed by atoms with van der Waals surface area (Å²) < 4.78 is 18.0. The molecule has 1 aromatic heterocycles.